The third-order valence-electron chi connectivity index (χ3n) is 4.59. The lowest BCUT2D eigenvalue weighted by Crippen LogP contribution is -2.44. The highest BCUT2D eigenvalue weighted by Crippen LogP contribution is 2.19. The number of piperazine rings is 1. The van der Waals surface area contributed by atoms with Crippen LogP contribution in [0.15, 0.2) is 48.5 Å². The quantitative estimate of drug-likeness (QED) is 0.834. The smallest absolute Gasteiger partial charge is 0.239 e. The fraction of sp³-hybridized carbons (Fsp3) is 0.350. The van der Waals surface area contributed by atoms with Crippen molar-refractivity contribution >= 4 is 17.3 Å². The molecule has 0 radical (unpaired) electrons. The second-order valence-electron chi connectivity index (χ2n) is 6.59. The normalized spacial score (nSPS) is 14.9. The molecular formula is C20H25FN4O. The van der Waals surface area contributed by atoms with E-state index in [1.54, 1.807) is 12.1 Å². The Labute approximate surface area is 153 Å². The van der Waals surface area contributed by atoms with Crippen molar-refractivity contribution in [2.45, 2.75) is 6.54 Å². The zero-order valence-electron chi connectivity index (χ0n) is 15.0. The first-order valence-electron chi connectivity index (χ1n) is 8.89. The van der Waals surface area contributed by atoms with Gasteiger partial charge in [0.25, 0.3) is 0 Å². The van der Waals surface area contributed by atoms with Gasteiger partial charge in [0.15, 0.2) is 0 Å². The fourth-order valence-electron chi connectivity index (χ4n) is 2.90. The van der Waals surface area contributed by atoms with Crippen LogP contribution in [0, 0.1) is 5.82 Å². The first kappa shape index (κ1) is 18.2. The Morgan fingerprint density at radius 2 is 1.65 bits per heavy atom. The lowest BCUT2D eigenvalue weighted by molar-refractivity contribution is -0.119. The zero-order chi connectivity index (χ0) is 18.4. The van der Waals surface area contributed by atoms with Crippen LogP contribution in [0.4, 0.5) is 15.8 Å². The highest BCUT2D eigenvalue weighted by atomic mass is 19.1. The van der Waals surface area contributed by atoms with Crippen LogP contribution in [0.2, 0.25) is 0 Å². The van der Waals surface area contributed by atoms with E-state index in [4.69, 9.17) is 0 Å². The number of hydrogen-bond donors (Lipinski definition) is 2. The molecule has 1 aliphatic rings. The van der Waals surface area contributed by atoms with Crippen LogP contribution in [-0.2, 0) is 11.3 Å². The van der Waals surface area contributed by atoms with E-state index in [0.29, 0.717) is 6.54 Å². The number of carbonyl (C=O) groups excluding carboxylic acids is 1. The molecule has 2 aromatic rings. The maximum absolute atomic E-state index is 12.9. The van der Waals surface area contributed by atoms with E-state index >= 15 is 0 Å². The number of anilines is 2. The molecule has 1 saturated heterocycles. The number of benzene rings is 2. The molecule has 1 fully saturated rings. The summed E-state index contributed by atoms with van der Waals surface area (Å²) < 4.78 is 12.9. The Morgan fingerprint density at radius 1 is 1.00 bits per heavy atom. The van der Waals surface area contributed by atoms with Crippen molar-refractivity contribution in [2.24, 2.45) is 0 Å². The van der Waals surface area contributed by atoms with Crippen LogP contribution in [0.25, 0.3) is 0 Å². The third-order valence-corrected chi connectivity index (χ3v) is 4.59. The molecule has 0 aromatic heterocycles. The number of likely N-dealkylation sites (N-methyl/N-ethyl adjacent to an activating group) is 1. The molecule has 3 rings (SSSR count). The van der Waals surface area contributed by atoms with Crippen LogP contribution >= 0.6 is 0 Å². The Bertz CT molecular complexity index is 710. The van der Waals surface area contributed by atoms with Crippen molar-refractivity contribution in [1.82, 2.24) is 10.2 Å². The molecule has 26 heavy (non-hydrogen) atoms. The van der Waals surface area contributed by atoms with Gasteiger partial charge in [-0.15, -0.1) is 0 Å². The molecule has 138 valence electrons. The molecule has 0 spiro atoms. The summed E-state index contributed by atoms with van der Waals surface area (Å²) in [6, 6.07) is 14.3. The molecule has 2 N–H and O–H groups in total. The van der Waals surface area contributed by atoms with E-state index in [-0.39, 0.29) is 18.3 Å². The summed E-state index contributed by atoms with van der Waals surface area (Å²) >= 11 is 0. The molecule has 1 amide bonds. The van der Waals surface area contributed by atoms with Crippen LogP contribution in [-0.4, -0.2) is 50.6 Å². The summed E-state index contributed by atoms with van der Waals surface area (Å²) in [6.45, 7) is 4.82. The minimum Gasteiger partial charge on any atom is -0.376 e. The van der Waals surface area contributed by atoms with Crippen molar-refractivity contribution < 1.29 is 9.18 Å². The third kappa shape index (κ3) is 5.20. The van der Waals surface area contributed by atoms with Gasteiger partial charge in [-0.3, -0.25) is 4.79 Å². The Hall–Kier alpha value is -2.60. The summed E-state index contributed by atoms with van der Waals surface area (Å²) in [5, 5.41) is 5.95. The van der Waals surface area contributed by atoms with Gasteiger partial charge in [-0.2, -0.15) is 0 Å². The van der Waals surface area contributed by atoms with Crippen molar-refractivity contribution in [3.05, 3.63) is 59.9 Å². The SMILES string of the molecule is CN1CCN(c2ccc(NCC(=O)NCc3ccc(F)cc3)cc2)CC1. The summed E-state index contributed by atoms with van der Waals surface area (Å²) in [5.74, 6) is -0.376. The molecule has 0 unspecified atom stereocenters. The van der Waals surface area contributed by atoms with E-state index in [2.05, 4.69) is 39.6 Å². The van der Waals surface area contributed by atoms with Gasteiger partial charge >= 0.3 is 0 Å². The highest BCUT2D eigenvalue weighted by molar-refractivity contribution is 5.80. The monoisotopic (exact) mass is 356 g/mol. The van der Waals surface area contributed by atoms with Crippen LogP contribution in [0.3, 0.4) is 0 Å². The van der Waals surface area contributed by atoms with Gasteiger partial charge in [0.1, 0.15) is 5.82 Å². The average Bonchev–Trinajstić information content (AvgIpc) is 2.67. The number of carbonyl (C=O) groups is 1. The number of nitrogens with zero attached hydrogens (tertiary/aromatic N) is 2. The van der Waals surface area contributed by atoms with Gasteiger partial charge in [-0.25, -0.2) is 4.39 Å². The summed E-state index contributed by atoms with van der Waals surface area (Å²) in [4.78, 5) is 16.6. The molecule has 0 bridgehead atoms. The molecule has 6 heteroatoms. The van der Waals surface area contributed by atoms with Crippen molar-refractivity contribution in [3.63, 3.8) is 0 Å². The topological polar surface area (TPSA) is 47.6 Å². The number of amides is 1. The van der Waals surface area contributed by atoms with Gasteiger partial charge in [0.2, 0.25) is 5.91 Å². The molecule has 5 nitrogen and oxygen atoms in total. The molecular weight excluding hydrogens is 331 g/mol. The lowest BCUT2D eigenvalue weighted by Gasteiger charge is -2.34. The molecule has 1 aliphatic heterocycles. The van der Waals surface area contributed by atoms with E-state index < -0.39 is 0 Å². The predicted octanol–water partition coefficient (Wildman–Crippen LogP) is 2.31. The van der Waals surface area contributed by atoms with Gasteiger partial charge in [0.05, 0.1) is 6.54 Å². The standard InChI is InChI=1S/C20H25FN4O/c1-24-10-12-25(13-11-24)19-8-6-18(7-9-19)22-15-20(26)23-14-16-2-4-17(21)5-3-16/h2-9,22H,10-15H2,1H3,(H,23,26). The van der Waals surface area contributed by atoms with Crippen LogP contribution in [0.5, 0.6) is 0 Å². The van der Waals surface area contributed by atoms with Crippen molar-refractivity contribution in [2.75, 3.05) is 50.0 Å². The van der Waals surface area contributed by atoms with Gasteiger partial charge in [-0.1, -0.05) is 12.1 Å². The Balaban J connectivity index is 1.42. The zero-order valence-corrected chi connectivity index (χ0v) is 15.0. The molecule has 2 aromatic carbocycles. The second kappa shape index (κ2) is 8.67. The first-order chi connectivity index (χ1) is 12.6. The Morgan fingerprint density at radius 3 is 2.31 bits per heavy atom. The average molecular weight is 356 g/mol. The number of rotatable bonds is 6. The van der Waals surface area contributed by atoms with Crippen LogP contribution < -0.4 is 15.5 Å². The van der Waals surface area contributed by atoms with Crippen LogP contribution in [0.1, 0.15) is 5.56 Å². The maximum atomic E-state index is 12.9. The number of hydrogen-bond acceptors (Lipinski definition) is 4. The largest absolute Gasteiger partial charge is 0.376 e. The molecule has 0 saturated carbocycles. The molecule has 0 aliphatic carbocycles. The number of nitrogens with one attached hydrogen (secondary N) is 2. The van der Waals surface area contributed by atoms with Crippen molar-refractivity contribution in [3.8, 4) is 0 Å². The Kier molecular flexibility index (Phi) is 6.07. The van der Waals surface area contributed by atoms with Crippen molar-refractivity contribution in [1.29, 1.82) is 0 Å². The second-order valence-corrected chi connectivity index (χ2v) is 6.59. The number of halogens is 1. The maximum Gasteiger partial charge on any atom is 0.239 e. The predicted molar refractivity (Wildman–Crippen MR) is 103 cm³/mol. The van der Waals surface area contributed by atoms with Gasteiger partial charge in [0, 0.05) is 44.1 Å². The lowest BCUT2D eigenvalue weighted by atomic mass is 10.2. The van der Waals surface area contributed by atoms with E-state index in [9.17, 15) is 9.18 Å². The molecule has 1 heterocycles. The van der Waals surface area contributed by atoms with Gasteiger partial charge < -0.3 is 20.4 Å². The molecule has 0 atom stereocenters. The minimum absolute atomic E-state index is 0.0996. The fourth-order valence-corrected chi connectivity index (χ4v) is 2.90. The van der Waals surface area contributed by atoms with E-state index in [0.717, 1.165) is 37.4 Å². The van der Waals surface area contributed by atoms with Gasteiger partial charge in [-0.05, 0) is 49.0 Å². The van der Waals surface area contributed by atoms with E-state index in [1.807, 2.05) is 12.1 Å². The first-order valence-corrected chi connectivity index (χ1v) is 8.89. The van der Waals surface area contributed by atoms with E-state index in [1.165, 1.54) is 17.8 Å². The summed E-state index contributed by atoms with van der Waals surface area (Å²) in [6.07, 6.45) is 0. The minimum atomic E-state index is -0.276. The summed E-state index contributed by atoms with van der Waals surface area (Å²) in [7, 11) is 2.14. The highest BCUT2D eigenvalue weighted by Gasteiger charge is 2.13. The summed E-state index contributed by atoms with van der Waals surface area (Å²) in [5.41, 5.74) is 3.00.